The topological polar surface area (TPSA) is 72.2 Å². The third-order valence-corrected chi connectivity index (χ3v) is 3.21. The van der Waals surface area contributed by atoms with Crippen LogP contribution in [0.3, 0.4) is 0 Å². The zero-order chi connectivity index (χ0) is 11.3. The standard InChI is InChI=1S/C9H14N2O3S/c1-7(12)3-4-8(11(13)14)9-10-5-2-6-15-9/h10H,2-6H2,1H3/b9-8-. The van der Waals surface area contributed by atoms with Crippen molar-refractivity contribution in [3.63, 3.8) is 0 Å². The fourth-order valence-corrected chi connectivity index (χ4v) is 2.31. The number of ketones is 1. The van der Waals surface area contributed by atoms with Crippen LogP contribution in [0.2, 0.25) is 0 Å². The van der Waals surface area contributed by atoms with Crippen LogP contribution in [0.4, 0.5) is 0 Å². The second kappa shape index (κ2) is 5.75. The number of carbonyl (C=O) groups is 1. The number of carbonyl (C=O) groups excluding carboxylic acids is 1. The van der Waals surface area contributed by atoms with Crippen molar-refractivity contribution in [2.24, 2.45) is 0 Å². The maximum Gasteiger partial charge on any atom is 0.276 e. The molecule has 0 atom stereocenters. The van der Waals surface area contributed by atoms with Crippen molar-refractivity contribution in [1.29, 1.82) is 0 Å². The molecule has 0 unspecified atom stereocenters. The first-order valence-corrected chi connectivity index (χ1v) is 5.83. The van der Waals surface area contributed by atoms with Crippen LogP contribution in [0.5, 0.6) is 0 Å². The van der Waals surface area contributed by atoms with Crippen LogP contribution in [0.25, 0.3) is 0 Å². The molecule has 1 heterocycles. The molecule has 1 aliphatic heterocycles. The number of rotatable bonds is 4. The van der Waals surface area contributed by atoms with Gasteiger partial charge >= 0.3 is 0 Å². The Balaban J connectivity index is 2.70. The van der Waals surface area contributed by atoms with E-state index in [1.54, 1.807) is 0 Å². The van der Waals surface area contributed by atoms with Crippen molar-refractivity contribution >= 4 is 17.5 Å². The number of nitrogens with zero attached hydrogens (tertiary/aromatic N) is 1. The van der Waals surface area contributed by atoms with Gasteiger partial charge in [-0.25, -0.2) is 0 Å². The molecule has 5 nitrogen and oxygen atoms in total. The first-order chi connectivity index (χ1) is 7.11. The molecule has 6 heteroatoms. The first-order valence-electron chi connectivity index (χ1n) is 4.85. The van der Waals surface area contributed by atoms with Gasteiger partial charge in [0.1, 0.15) is 10.8 Å². The fourth-order valence-electron chi connectivity index (χ4n) is 1.27. The second-order valence-electron chi connectivity index (χ2n) is 3.36. The predicted molar refractivity (Wildman–Crippen MR) is 59.0 cm³/mol. The zero-order valence-corrected chi connectivity index (χ0v) is 9.43. The fraction of sp³-hybridized carbons (Fsp3) is 0.667. The Kier molecular flexibility index (Phi) is 4.61. The number of allylic oxidation sites excluding steroid dienone is 1. The van der Waals surface area contributed by atoms with Gasteiger partial charge in [0.15, 0.2) is 0 Å². The average Bonchev–Trinajstić information content (AvgIpc) is 2.18. The van der Waals surface area contributed by atoms with E-state index < -0.39 is 0 Å². The molecule has 1 aliphatic rings. The summed E-state index contributed by atoms with van der Waals surface area (Å²) in [6, 6.07) is 0. The van der Waals surface area contributed by atoms with Crippen LogP contribution < -0.4 is 5.32 Å². The largest absolute Gasteiger partial charge is 0.375 e. The first kappa shape index (κ1) is 12.0. The number of thioether (sulfide) groups is 1. The highest BCUT2D eigenvalue weighted by Gasteiger charge is 2.21. The SMILES string of the molecule is CC(=O)CC/C(=C1\NCCCS1)[N+](=O)[O-]. The van der Waals surface area contributed by atoms with E-state index in [1.165, 1.54) is 18.7 Å². The normalized spacial score (nSPS) is 19.3. The summed E-state index contributed by atoms with van der Waals surface area (Å²) in [5.41, 5.74) is 0.148. The highest BCUT2D eigenvalue weighted by Crippen LogP contribution is 2.24. The van der Waals surface area contributed by atoms with E-state index in [0.717, 1.165) is 18.7 Å². The van der Waals surface area contributed by atoms with E-state index in [2.05, 4.69) is 5.32 Å². The molecular formula is C9H14N2O3S. The smallest absolute Gasteiger partial charge is 0.276 e. The van der Waals surface area contributed by atoms with Gasteiger partial charge in [0.05, 0.1) is 4.92 Å². The minimum Gasteiger partial charge on any atom is -0.375 e. The lowest BCUT2D eigenvalue weighted by Crippen LogP contribution is -2.22. The maximum atomic E-state index is 10.8. The molecule has 0 saturated carbocycles. The van der Waals surface area contributed by atoms with Gasteiger partial charge in [-0.3, -0.25) is 10.1 Å². The Hall–Kier alpha value is -1.04. The molecule has 0 spiro atoms. The molecule has 1 N–H and O–H groups in total. The van der Waals surface area contributed by atoms with Crippen molar-refractivity contribution in [3.8, 4) is 0 Å². The van der Waals surface area contributed by atoms with Crippen LogP contribution in [0, 0.1) is 10.1 Å². The predicted octanol–water partition coefficient (Wildman–Crippen LogP) is 1.53. The third-order valence-electron chi connectivity index (χ3n) is 2.05. The molecule has 0 aromatic rings. The second-order valence-corrected chi connectivity index (χ2v) is 4.47. The summed E-state index contributed by atoms with van der Waals surface area (Å²) in [6.45, 7) is 2.23. The van der Waals surface area contributed by atoms with Gasteiger partial charge in [-0.05, 0) is 13.3 Å². The van der Waals surface area contributed by atoms with Gasteiger partial charge in [-0.1, -0.05) is 0 Å². The van der Waals surface area contributed by atoms with E-state index in [-0.39, 0.29) is 29.2 Å². The zero-order valence-electron chi connectivity index (χ0n) is 8.62. The molecular weight excluding hydrogens is 216 g/mol. The maximum absolute atomic E-state index is 10.8. The van der Waals surface area contributed by atoms with Gasteiger partial charge in [0.2, 0.25) is 0 Å². The lowest BCUT2D eigenvalue weighted by atomic mass is 10.2. The molecule has 0 aromatic heterocycles. The van der Waals surface area contributed by atoms with Crippen molar-refractivity contribution in [1.82, 2.24) is 5.32 Å². The quantitative estimate of drug-likeness (QED) is 0.585. The molecule has 1 fully saturated rings. The molecule has 15 heavy (non-hydrogen) atoms. The summed E-state index contributed by atoms with van der Waals surface area (Å²) in [4.78, 5) is 21.2. The van der Waals surface area contributed by atoms with Crippen molar-refractivity contribution in [2.45, 2.75) is 26.2 Å². The lowest BCUT2D eigenvalue weighted by Gasteiger charge is -2.15. The third kappa shape index (κ3) is 3.91. The number of nitrogens with one attached hydrogen (secondary N) is 1. The van der Waals surface area contributed by atoms with Crippen molar-refractivity contribution < 1.29 is 9.72 Å². The number of nitro groups is 1. The molecule has 0 amide bonds. The Labute approximate surface area is 92.5 Å². The van der Waals surface area contributed by atoms with E-state index in [1.807, 2.05) is 0 Å². The highest BCUT2D eigenvalue weighted by atomic mass is 32.2. The van der Waals surface area contributed by atoms with Gasteiger partial charge in [0, 0.05) is 25.1 Å². The lowest BCUT2D eigenvalue weighted by molar-refractivity contribution is -0.428. The number of Topliss-reactive ketones (excluding diaryl/α,β-unsaturated/α-hetero) is 1. The molecule has 1 rings (SSSR count). The molecule has 0 radical (unpaired) electrons. The average molecular weight is 230 g/mol. The van der Waals surface area contributed by atoms with E-state index >= 15 is 0 Å². The van der Waals surface area contributed by atoms with Crippen LogP contribution in [-0.2, 0) is 4.79 Å². The minimum absolute atomic E-state index is 0.0178. The summed E-state index contributed by atoms with van der Waals surface area (Å²) in [6.07, 6.45) is 1.48. The van der Waals surface area contributed by atoms with E-state index in [9.17, 15) is 14.9 Å². The summed E-state index contributed by atoms with van der Waals surface area (Å²) in [5.74, 6) is 0.885. The summed E-state index contributed by atoms with van der Waals surface area (Å²) < 4.78 is 0. The summed E-state index contributed by atoms with van der Waals surface area (Å²) >= 11 is 1.47. The van der Waals surface area contributed by atoms with Crippen LogP contribution in [0.15, 0.2) is 10.7 Å². The van der Waals surface area contributed by atoms with E-state index in [0.29, 0.717) is 5.03 Å². The van der Waals surface area contributed by atoms with Crippen LogP contribution in [0.1, 0.15) is 26.2 Å². The summed E-state index contributed by atoms with van der Waals surface area (Å²) in [7, 11) is 0. The monoisotopic (exact) mass is 230 g/mol. The molecule has 1 saturated heterocycles. The Bertz CT molecular complexity index is 294. The molecule has 0 bridgehead atoms. The number of hydrogen-bond acceptors (Lipinski definition) is 5. The molecule has 0 aromatic carbocycles. The van der Waals surface area contributed by atoms with Crippen LogP contribution >= 0.6 is 11.8 Å². The Morgan fingerprint density at radius 3 is 2.80 bits per heavy atom. The Morgan fingerprint density at radius 1 is 1.60 bits per heavy atom. The van der Waals surface area contributed by atoms with Crippen LogP contribution in [-0.4, -0.2) is 23.0 Å². The Morgan fingerprint density at radius 2 is 2.33 bits per heavy atom. The molecule has 0 aliphatic carbocycles. The van der Waals surface area contributed by atoms with Crippen molar-refractivity contribution in [3.05, 3.63) is 20.8 Å². The number of hydrogen-bond donors (Lipinski definition) is 1. The molecule has 84 valence electrons. The van der Waals surface area contributed by atoms with E-state index in [4.69, 9.17) is 0 Å². The van der Waals surface area contributed by atoms with Crippen molar-refractivity contribution in [2.75, 3.05) is 12.3 Å². The minimum atomic E-state index is -0.385. The summed E-state index contributed by atoms with van der Waals surface area (Å²) in [5, 5.41) is 14.4. The van der Waals surface area contributed by atoms with Gasteiger partial charge < -0.3 is 10.1 Å². The highest BCUT2D eigenvalue weighted by molar-refractivity contribution is 8.03. The van der Waals surface area contributed by atoms with Gasteiger partial charge in [0.25, 0.3) is 5.70 Å². The van der Waals surface area contributed by atoms with Gasteiger partial charge in [-0.15, -0.1) is 11.8 Å². The van der Waals surface area contributed by atoms with Gasteiger partial charge in [-0.2, -0.15) is 0 Å².